The average Bonchev–Trinajstić information content (AvgIpc) is 2.62. The van der Waals surface area contributed by atoms with Gasteiger partial charge in [0.25, 0.3) is 0 Å². The maximum absolute atomic E-state index is 11.9. The largest absolute Gasteiger partial charge is 0.478 e. The Morgan fingerprint density at radius 1 is 1.40 bits per heavy atom. The number of anilines is 1. The highest BCUT2D eigenvalue weighted by Gasteiger charge is 2.27. The summed E-state index contributed by atoms with van der Waals surface area (Å²) in [6, 6.07) is 0. The molecule has 20 heavy (non-hydrogen) atoms. The molecule has 8 heteroatoms. The second-order valence-electron chi connectivity index (χ2n) is 4.46. The Morgan fingerprint density at radius 3 is 2.35 bits per heavy atom. The van der Waals surface area contributed by atoms with Crippen molar-refractivity contribution in [3.63, 3.8) is 0 Å². The number of rotatable bonds is 5. The van der Waals surface area contributed by atoms with Crippen LogP contribution < -0.4 is 5.32 Å². The summed E-state index contributed by atoms with van der Waals surface area (Å²) < 4.78 is 22.7. The average molecular weight is 319 g/mol. The van der Waals surface area contributed by atoms with Crippen LogP contribution in [0.1, 0.15) is 34.6 Å². The van der Waals surface area contributed by atoms with Crippen LogP contribution in [0.3, 0.4) is 0 Å². The molecule has 0 fully saturated rings. The lowest BCUT2D eigenvalue weighted by Gasteiger charge is -2.10. The van der Waals surface area contributed by atoms with Crippen molar-refractivity contribution >= 4 is 38.1 Å². The number of aromatic carboxylic acids is 1. The molecule has 0 radical (unpaired) electrons. The molecule has 6 nitrogen and oxygen atoms in total. The quantitative estimate of drug-likeness (QED) is 0.860. The number of hydrogen-bond acceptors (Lipinski definition) is 5. The molecule has 112 valence electrons. The lowest BCUT2D eigenvalue weighted by Crippen LogP contribution is -2.32. The van der Waals surface area contributed by atoms with Crippen molar-refractivity contribution < 1.29 is 23.1 Å². The first-order valence-corrected chi connectivity index (χ1v) is 8.72. The number of thiophene rings is 1. The standard InChI is InChI=1S/C12H17NO5S2/c1-5-8-6(2)19-11(9(8)12(15)16)13-10(14)7(3)20(4,17)18/h7H,5H2,1-4H3,(H,13,14)(H,15,16). The molecule has 0 bridgehead atoms. The van der Waals surface area contributed by atoms with E-state index in [1.165, 1.54) is 6.92 Å². The van der Waals surface area contributed by atoms with E-state index in [-0.39, 0.29) is 10.6 Å². The first kappa shape index (κ1) is 16.6. The zero-order valence-corrected chi connectivity index (χ0v) is 13.3. The van der Waals surface area contributed by atoms with Crippen LogP contribution in [-0.2, 0) is 21.1 Å². The first-order chi connectivity index (χ1) is 9.09. The fourth-order valence-electron chi connectivity index (χ4n) is 1.73. The van der Waals surface area contributed by atoms with Gasteiger partial charge >= 0.3 is 5.97 Å². The van der Waals surface area contributed by atoms with Crippen molar-refractivity contribution in [3.8, 4) is 0 Å². The molecule has 0 aromatic carbocycles. The van der Waals surface area contributed by atoms with Crippen molar-refractivity contribution in [2.45, 2.75) is 32.4 Å². The Kier molecular flexibility index (Phi) is 4.93. The molecule has 0 spiro atoms. The van der Waals surface area contributed by atoms with Crippen LogP contribution in [0.25, 0.3) is 0 Å². The van der Waals surface area contributed by atoms with Gasteiger partial charge in [0.1, 0.15) is 10.3 Å². The fourth-order valence-corrected chi connectivity index (χ4v) is 3.31. The summed E-state index contributed by atoms with van der Waals surface area (Å²) in [4.78, 5) is 24.0. The van der Waals surface area contributed by atoms with E-state index in [9.17, 15) is 23.1 Å². The predicted octanol–water partition coefficient (Wildman–Crippen LogP) is 1.69. The van der Waals surface area contributed by atoms with E-state index in [4.69, 9.17) is 0 Å². The Balaban J connectivity index is 3.17. The molecule has 2 N–H and O–H groups in total. The summed E-state index contributed by atoms with van der Waals surface area (Å²) in [7, 11) is -3.52. The van der Waals surface area contributed by atoms with E-state index in [1.807, 2.05) is 6.92 Å². The van der Waals surface area contributed by atoms with Gasteiger partial charge in [-0.15, -0.1) is 11.3 Å². The van der Waals surface area contributed by atoms with Crippen molar-refractivity contribution in [2.24, 2.45) is 0 Å². The van der Waals surface area contributed by atoms with Crippen LogP contribution in [0, 0.1) is 6.92 Å². The smallest absolute Gasteiger partial charge is 0.339 e. The highest BCUT2D eigenvalue weighted by molar-refractivity contribution is 7.92. The molecular formula is C12H17NO5S2. The van der Waals surface area contributed by atoms with Gasteiger partial charge < -0.3 is 10.4 Å². The minimum atomic E-state index is -3.52. The van der Waals surface area contributed by atoms with Crippen LogP contribution in [0.4, 0.5) is 5.00 Å². The third-order valence-corrected chi connectivity index (χ3v) is 5.59. The van der Waals surface area contributed by atoms with Crippen LogP contribution in [0.2, 0.25) is 0 Å². The van der Waals surface area contributed by atoms with Crippen LogP contribution in [-0.4, -0.2) is 36.9 Å². The monoisotopic (exact) mass is 319 g/mol. The lowest BCUT2D eigenvalue weighted by molar-refractivity contribution is -0.115. The van der Waals surface area contributed by atoms with Gasteiger partial charge in [-0.05, 0) is 25.8 Å². The zero-order valence-electron chi connectivity index (χ0n) is 11.7. The van der Waals surface area contributed by atoms with E-state index in [2.05, 4.69) is 5.32 Å². The molecular weight excluding hydrogens is 302 g/mol. The zero-order chi connectivity index (χ0) is 15.7. The fraction of sp³-hybridized carbons (Fsp3) is 0.500. The summed E-state index contributed by atoms with van der Waals surface area (Å²) >= 11 is 1.14. The van der Waals surface area contributed by atoms with Crippen LogP contribution >= 0.6 is 11.3 Å². The Morgan fingerprint density at radius 2 is 1.95 bits per heavy atom. The van der Waals surface area contributed by atoms with Crippen molar-refractivity contribution in [3.05, 3.63) is 16.0 Å². The number of sulfone groups is 1. The summed E-state index contributed by atoms with van der Waals surface area (Å²) in [5.41, 5.74) is 0.703. The highest BCUT2D eigenvalue weighted by Crippen LogP contribution is 2.33. The minimum Gasteiger partial charge on any atom is -0.478 e. The molecule has 0 aliphatic carbocycles. The third-order valence-electron chi connectivity index (χ3n) is 3.02. The number of amides is 1. The van der Waals surface area contributed by atoms with Gasteiger partial charge in [0.05, 0.1) is 5.56 Å². The van der Waals surface area contributed by atoms with Gasteiger partial charge in [0.15, 0.2) is 9.84 Å². The molecule has 0 saturated heterocycles. The SMILES string of the molecule is CCc1c(C)sc(NC(=O)C(C)S(C)(=O)=O)c1C(=O)O. The maximum atomic E-state index is 11.9. The molecule has 1 aromatic heterocycles. The summed E-state index contributed by atoms with van der Waals surface area (Å²) in [6.45, 7) is 4.87. The second-order valence-corrected chi connectivity index (χ2v) is 8.05. The number of carboxylic acid groups (broad SMARTS) is 1. The van der Waals surface area contributed by atoms with E-state index in [0.717, 1.165) is 22.5 Å². The predicted molar refractivity (Wildman–Crippen MR) is 78.3 cm³/mol. The molecule has 1 rings (SSSR count). The number of nitrogens with one attached hydrogen (secondary N) is 1. The Hall–Kier alpha value is -1.41. The molecule has 0 saturated carbocycles. The minimum absolute atomic E-state index is 0.0454. The summed E-state index contributed by atoms with van der Waals surface area (Å²) in [5.74, 6) is -1.85. The van der Waals surface area contributed by atoms with Gasteiger partial charge in [-0.1, -0.05) is 6.92 Å². The molecule has 1 unspecified atom stereocenters. The Bertz CT molecular complexity index is 645. The van der Waals surface area contributed by atoms with Crippen molar-refractivity contribution in [2.75, 3.05) is 11.6 Å². The van der Waals surface area contributed by atoms with Gasteiger partial charge in [-0.25, -0.2) is 13.2 Å². The van der Waals surface area contributed by atoms with Gasteiger partial charge in [0.2, 0.25) is 5.91 Å². The third kappa shape index (κ3) is 3.37. The lowest BCUT2D eigenvalue weighted by atomic mass is 10.1. The number of carbonyl (C=O) groups is 2. The number of hydrogen-bond donors (Lipinski definition) is 2. The van der Waals surface area contributed by atoms with E-state index < -0.39 is 27.0 Å². The first-order valence-electron chi connectivity index (χ1n) is 5.94. The van der Waals surface area contributed by atoms with Gasteiger partial charge in [0, 0.05) is 11.1 Å². The molecule has 0 aliphatic rings. The van der Waals surface area contributed by atoms with E-state index >= 15 is 0 Å². The van der Waals surface area contributed by atoms with Crippen LogP contribution in [0.5, 0.6) is 0 Å². The Labute approximate surface area is 121 Å². The number of aryl methyl sites for hydroxylation is 1. The summed E-state index contributed by atoms with van der Waals surface area (Å²) in [5, 5.41) is 10.6. The molecule has 1 amide bonds. The number of carboxylic acids is 1. The van der Waals surface area contributed by atoms with E-state index in [0.29, 0.717) is 12.0 Å². The van der Waals surface area contributed by atoms with Gasteiger partial charge in [-0.2, -0.15) is 0 Å². The highest BCUT2D eigenvalue weighted by atomic mass is 32.2. The normalized spacial score (nSPS) is 13.0. The van der Waals surface area contributed by atoms with Crippen molar-refractivity contribution in [1.29, 1.82) is 0 Å². The summed E-state index contributed by atoms with van der Waals surface area (Å²) in [6.07, 6.45) is 1.49. The molecule has 1 aromatic rings. The van der Waals surface area contributed by atoms with Crippen molar-refractivity contribution in [1.82, 2.24) is 0 Å². The second kappa shape index (κ2) is 5.92. The van der Waals surface area contributed by atoms with E-state index in [1.54, 1.807) is 6.92 Å². The molecule has 1 heterocycles. The maximum Gasteiger partial charge on any atom is 0.339 e. The van der Waals surface area contributed by atoms with Crippen LogP contribution in [0.15, 0.2) is 0 Å². The topological polar surface area (TPSA) is 101 Å². The molecule has 1 atom stereocenters. The van der Waals surface area contributed by atoms with Gasteiger partial charge in [-0.3, -0.25) is 4.79 Å². The molecule has 0 aliphatic heterocycles. The number of carbonyl (C=O) groups excluding carboxylic acids is 1.